The first-order valence-corrected chi connectivity index (χ1v) is 9.79. The fourth-order valence-electron chi connectivity index (χ4n) is 2.37. The average molecular weight is 413 g/mol. The van der Waals surface area contributed by atoms with Crippen molar-refractivity contribution in [1.82, 2.24) is 4.98 Å². The molecule has 0 fully saturated rings. The summed E-state index contributed by atoms with van der Waals surface area (Å²) in [4.78, 5) is 26.6. The fourth-order valence-corrected chi connectivity index (χ4v) is 3.11. The highest BCUT2D eigenvalue weighted by molar-refractivity contribution is 7.14. The predicted octanol–water partition coefficient (Wildman–Crippen LogP) is 4.52. The number of aromatic nitrogens is 1. The van der Waals surface area contributed by atoms with Crippen molar-refractivity contribution in [2.75, 3.05) is 18.5 Å². The van der Waals surface area contributed by atoms with Gasteiger partial charge in [0.1, 0.15) is 11.5 Å². The minimum absolute atomic E-state index is 0.0397. The molecule has 3 rings (SSSR count). The van der Waals surface area contributed by atoms with Crippen LogP contribution in [0.25, 0.3) is 11.3 Å². The van der Waals surface area contributed by atoms with Crippen LogP contribution in [0.3, 0.4) is 0 Å². The van der Waals surface area contributed by atoms with Gasteiger partial charge >= 0.3 is 0 Å². The molecule has 2 aromatic carbocycles. The van der Waals surface area contributed by atoms with E-state index in [1.807, 2.05) is 29.6 Å². The molecule has 1 N–H and O–H groups in total. The lowest BCUT2D eigenvalue weighted by Gasteiger charge is -2.05. The molecule has 0 aliphatic rings. The fraction of sp³-hybridized carbons (Fsp3) is 0.200. The zero-order valence-corrected chi connectivity index (χ0v) is 16.5. The molecule has 150 valence electrons. The van der Waals surface area contributed by atoms with E-state index in [1.54, 1.807) is 0 Å². The summed E-state index contributed by atoms with van der Waals surface area (Å²) in [5, 5.41) is 15.6. The van der Waals surface area contributed by atoms with E-state index in [4.69, 9.17) is 9.47 Å². The van der Waals surface area contributed by atoms with Gasteiger partial charge in [0, 0.05) is 23.1 Å². The molecule has 0 radical (unpaired) electrons. The lowest BCUT2D eigenvalue weighted by molar-refractivity contribution is -0.384. The Bertz CT molecular complexity index is 971. The lowest BCUT2D eigenvalue weighted by atomic mass is 10.2. The van der Waals surface area contributed by atoms with E-state index in [2.05, 4.69) is 17.2 Å². The second-order valence-corrected chi connectivity index (χ2v) is 6.86. The number of non-ortho nitro benzene ring substituents is 1. The molecule has 1 aromatic heterocycles. The van der Waals surface area contributed by atoms with Crippen molar-refractivity contribution < 1.29 is 19.2 Å². The molecule has 0 saturated carbocycles. The quantitative estimate of drug-likeness (QED) is 0.408. The first-order valence-electron chi connectivity index (χ1n) is 8.91. The average Bonchev–Trinajstić information content (AvgIpc) is 3.19. The Balaban J connectivity index is 1.52. The number of amides is 1. The Morgan fingerprint density at radius 2 is 1.76 bits per heavy atom. The van der Waals surface area contributed by atoms with Crippen LogP contribution in [0.2, 0.25) is 0 Å². The van der Waals surface area contributed by atoms with Crippen molar-refractivity contribution in [2.45, 2.75) is 13.3 Å². The first-order chi connectivity index (χ1) is 14.0. The second kappa shape index (κ2) is 9.65. The van der Waals surface area contributed by atoms with Gasteiger partial charge in [-0.25, -0.2) is 4.98 Å². The number of carbonyl (C=O) groups is 1. The van der Waals surface area contributed by atoms with Gasteiger partial charge < -0.3 is 9.47 Å². The number of ether oxygens (including phenoxy) is 2. The number of anilines is 1. The van der Waals surface area contributed by atoms with E-state index in [0.29, 0.717) is 17.5 Å². The molecular formula is C20H19N3O5S. The van der Waals surface area contributed by atoms with Gasteiger partial charge in [0.25, 0.3) is 11.6 Å². The van der Waals surface area contributed by atoms with Gasteiger partial charge in [0.05, 0.1) is 17.2 Å². The number of hydrogen-bond acceptors (Lipinski definition) is 7. The van der Waals surface area contributed by atoms with Gasteiger partial charge in [0.15, 0.2) is 11.7 Å². The third kappa shape index (κ3) is 5.76. The van der Waals surface area contributed by atoms with Crippen molar-refractivity contribution >= 4 is 28.1 Å². The molecule has 0 saturated heterocycles. The summed E-state index contributed by atoms with van der Waals surface area (Å²) in [7, 11) is 0. The third-order valence-corrected chi connectivity index (χ3v) is 4.55. The Morgan fingerprint density at radius 1 is 1.10 bits per heavy atom. The number of nitro benzene ring substituents is 1. The van der Waals surface area contributed by atoms with Gasteiger partial charge in [-0.2, -0.15) is 0 Å². The predicted molar refractivity (Wildman–Crippen MR) is 111 cm³/mol. The summed E-state index contributed by atoms with van der Waals surface area (Å²) >= 11 is 1.31. The summed E-state index contributed by atoms with van der Waals surface area (Å²) in [6, 6.07) is 13.1. The number of nitrogens with zero attached hydrogens (tertiary/aromatic N) is 2. The van der Waals surface area contributed by atoms with Crippen LogP contribution < -0.4 is 14.8 Å². The summed E-state index contributed by atoms with van der Waals surface area (Å²) < 4.78 is 10.9. The van der Waals surface area contributed by atoms with Crippen molar-refractivity contribution in [3.8, 4) is 22.8 Å². The van der Waals surface area contributed by atoms with E-state index in [0.717, 1.165) is 23.4 Å². The smallest absolute Gasteiger partial charge is 0.269 e. The van der Waals surface area contributed by atoms with Crippen LogP contribution in [0.4, 0.5) is 10.8 Å². The Kier molecular flexibility index (Phi) is 6.75. The monoisotopic (exact) mass is 413 g/mol. The summed E-state index contributed by atoms with van der Waals surface area (Å²) in [5.74, 6) is 0.811. The molecule has 0 unspecified atom stereocenters. The van der Waals surface area contributed by atoms with Crippen LogP contribution >= 0.6 is 11.3 Å². The number of nitrogens with one attached hydrogen (secondary N) is 1. The van der Waals surface area contributed by atoms with E-state index in [1.165, 1.54) is 35.6 Å². The Hall–Kier alpha value is -3.46. The Labute approximate surface area is 171 Å². The van der Waals surface area contributed by atoms with Crippen molar-refractivity contribution in [3.63, 3.8) is 0 Å². The van der Waals surface area contributed by atoms with Crippen molar-refractivity contribution in [3.05, 3.63) is 64.0 Å². The van der Waals surface area contributed by atoms with E-state index >= 15 is 0 Å². The van der Waals surface area contributed by atoms with Crippen LogP contribution in [-0.2, 0) is 4.79 Å². The zero-order chi connectivity index (χ0) is 20.6. The second-order valence-electron chi connectivity index (χ2n) is 6.00. The maximum atomic E-state index is 12.1. The number of nitro groups is 1. The minimum atomic E-state index is -0.498. The van der Waals surface area contributed by atoms with Gasteiger partial charge in [0.2, 0.25) is 0 Å². The first kappa shape index (κ1) is 20.3. The molecule has 0 atom stereocenters. The molecule has 8 nitrogen and oxygen atoms in total. The normalized spacial score (nSPS) is 10.4. The van der Waals surface area contributed by atoms with E-state index < -0.39 is 4.92 Å². The lowest BCUT2D eigenvalue weighted by Crippen LogP contribution is -2.20. The van der Waals surface area contributed by atoms with Crippen LogP contribution in [0.15, 0.2) is 53.9 Å². The molecule has 29 heavy (non-hydrogen) atoms. The van der Waals surface area contributed by atoms with E-state index in [9.17, 15) is 14.9 Å². The highest BCUT2D eigenvalue weighted by atomic mass is 32.1. The van der Waals surface area contributed by atoms with Gasteiger partial charge in [-0.15, -0.1) is 11.3 Å². The summed E-state index contributed by atoms with van der Waals surface area (Å²) in [6.07, 6.45) is 0.949. The van der Waals surface area contributed by atoms with Gasteiger partial charge in [-0.05, 0) is 42.8 Å². The van der Waals surface area contributed by atoms with E-state index in [-0.39, 0.29) is 18.2 Å². The third-order valence-electron chi connectivity index (χ3n) is 3.79. The number of rotatable bonds is 9. The summed E-state index contributed by atoms with van der Waals surface area (Å²) in [5.41, 5.74) is 1.64. The number of thiazole rings is 1. The number of carbonyl (C=O) groups excluding carboxylic acids is 1. The molecule has 0 spiro atoms. The maximum Gasteiger partial charge on any atom is 0.269 e. The number of benzene rings is 2. The maximum absolute atomic E-state index is 12.1. The molecule has 3 aromatic rings. The van der Waals surface area contributed by atoms with Crippen LogP contribution in [0, 0.1) is 10.1 Å². The molecule has 1 heterocycles. The van der Waals surface area contributed by atoms with Gasteiger partial charge in [-0.1, -0.05) is 6.92 Å². The minimum Gasteiger partial charge on any atom is -0.494 e. The molecule has 0 aliphatic carbocycles. The Morgan fingerprint density at radius 3 is 2.41 bits per heavy atom. The van der Waals surface area contributed by atoms with Gasteiger partial charge in [-0.3, -0.25) is 20.2 Å². The molecule has 9 heteroatoms. The highest BCUT2D eigenvalue weighted by Crippen LogP contribution is 2.26. The standard InChI is InChI=1S/C20H19N3O5S/c1-2-11-27-16-7-3-14(4-8-16)18-13-29-20(21-18)22-19(24)12-28-17-9-5-15(6-10-17)23(25)26/h3-10,13H,2,11-12H2,1H3,(H,21,22,24). The van der Waals surface area contributed by atoms with Crippen LogP contribution in [0.1, 0.15) is 13.3 Å². The molecular weight excluding hydrogens is 394 g/mol. The van der Waals surface area contributed by atoms with Crippen LogP contribution in [-0.4, -0.2) is 29.0 Å². The topological polar surface area (TPSA) is 104 Å². The summed E-state index contributed by atoms with van der Waals surface area (Å²) in [6.45, 7) is 2.50. The SMILES string of the molecule is CCCOc1ccc(-c2csc(NC(=O)COc3ccc([N+](=O)[O-])cc3)n2)cc1. The van der Waals surface area contributed by atoms with Crippen LogP contribution in [0.5, 0.6) is 11.5 Å². The number of hydrogen-bond donors (Lipinski definition) is 1. The zero-order valence-electron chi connectivity index (χ0n) is 15.7. The van der Waals surface area contributed by atoms with Crippen molar-refractivity contribution in [2.24, 2.45) is 0 Å². The molecule has 1 amide bonds. The molecule has 0 aliphatic heterocycles. The van der Waals surface area contributed by atoms with Crippen molar-refractivity contribution in [1.29, 1.82) is 0 Å². The largest absolute Gasteiger partial charge is 0.494 e. The highest BCUT2D eigenvalue weighted by Gasteiger charge is 2.10. The molecule has 0 bridgehead atoms.